The Kier molecular flexibility index (Phi) is 5.98. The van der Waals surface area contributed by atoms with E-state index in [0.717, 1.165) is 0 Å². The number of benzene rings is 1. The first-order valence-electron chi connectivity index (χ1n) is 5.96. The smallest absolute Gasteiger partial charge is 0.326 e. The molecule has 8 heteroatoms. The maximum atomic E-state index is 11.8. The van der Waals surface area contributed by atoms with E-state index in [1.165, 1.54) is 6.92 Å². The number of rotatable bonds is 7. The Balaban J connectivity index is 2.62. The highest BCUT2D eigenvalue weighted by Crippen LogP contribution is 2.16. The van der Waals surface area contributed by atoms with E-state index >= 15 is 0 Å². The number of nitrogens with one attached hydrogen (secondary N) is 1. The van der Waals surface area contributed by atoms with Crippen molar-refractivity contribution in [2.75, 3.05) is 0 Å². The Morgan fingerprint density at radius 1 is 1.24 bits per heavy atom. The SMILES string of the molecule is CC(Oc1ccc(Cl)cc1)C(=O)N[C@@H](CC(=O)O)C(=O)O. The second-order valence-corrected chi connectivity index (χ2v) is 4.65. The maximum absolute atomic E-state index is 11.8. The Morgan fingerprint density at radius 3 is 2.29 bits per heavy atom. The molecule has 0 heterocycles. The highest BCUT2D eigenvalue weighted by atomic mass is 35.5. The lowest BCUT2D eigenvalue weighted by molar-refractivity contribution is -0.147. The maximum Gasteiger partial charge on any atom is 0.326 e. The molecule has 0 saturated heterocycles. The van der Waals surface area contributed by atoms with Gasteiger partial charge in [-0.2, -0.15) is 0 Å². The highest BCUT2D eigenvalue weighted by Gasteiger charge is 2.26. The molecule has 0 radical (unpaired) electrons. The number of carbonyl (C=O) groups excluding carboxylic acids is 1. The summed E-state index contributed by atoms with van der Waals surface area (Å²) < 4.78 is 5.31. The largest absolute Gasteiger partial charge is 0.481 e. The summed E-state index contributed by atoms with van der Waals surface area (Å²) in [6.07, 6.45) is -1.70. The minimum atomic E-state index is -1.51. The van der Waals surface area contributed by atoms with Gasteiger partial charge < -0.3 is 20.3 Å². The van der Waals surface area contributed by atoms with Crippen LogP contribution in [0.15, 0.2) is 24.3 Å². The quantitative estimate of drug-likeness (QED) is 0.695. The Hall–Kier alpha value is -2.28. The molecule has 1 rings (SSSR count). The molecule has 1 unspecified atom stereocenters. The molecular weight excluding hydrogens is 302 g/mol. The van der Waals surface area contributed by atoms with Gasteiger partial charge in [0, 0.05) is 5.02 Å². The minimum Gasteiger partial charge on any atom is -0.481 e. The summed E-state index contributed by atoms with van der Waals surface area (Å²) in [5, 5.41) is 20.0. The van der Waals surface area contributed by atoms with Crippen molar-refractivity contribution < 1.29 is 29.3 Å². The summed E-state index contributed by atoms with van der Waals surface area (Å²) in [5.41, 5.74) is 0. The number of aliphatic carboxylic acids is 2. The van der Waals surface area contributed by atoms with Crippen molar-refractivity contribution >= 4 is 29.4 Å². The molecule has 0 spiro atoms. The number of ether oxygens (including phenoxy) is 1. The fourth-order valence-corrected chi connectivity index (χ4v) is 1.56. The molecule has 0 aromatic heterocycles. The van der Waals surface area contributed by atoms with E-state index in [-0.39, 0.29) is 0 Å². The molecule has 0 aliphatic carbocycles. The zero-order valence-corrected chi connectivity index (χ0v) is 11.8. The van der Waals surface area contributed by atoms with Gasteiger partial charge in [0.15, 0.2) is 6.10 Å². The number of carboxylic acid groups (broad SMARTS) is 2. The topological polar surface area (TPSA) is 113 Å². The molecular formula is C13H14ClNO6. The van der Waals surface area contributed by atoms with Crippen LogP contribution in [-0.2, 0) is 14.4 Å². The van der Waals surface area contributed by atoms with Crippen molar-refractivity contribution in [2.45, 2.75) is 25.5 Å². The average molecular weight is 316 g/mol. The van der Waals surface area contributed by atoms with E-state index in [4.69, 9.17) is 26.6 Å². The zero-order valence-electron chi connectivity index (χ0n) is 11.1. The first kappa shape index (κ1) is 16.8. The molecule has 3 N–H and O–H groups in total. The first-order valence-corrected chi connectivity index (χ1v) is 6.34. The van der Waals surface area contributed by atoms with Crippen LogP contribution >= 0.6 is 11.6 Å². The van der Waals surface area contributed by atoms with E-state index in [2.05, 4.69) is 5.32 Å². The molecule has 0 fully saturated rings. The van der Waals surface area contributed by atoms with Gasteiger partial charge >= 0.3 is 11.9 Å². The van der Waals surface area contributed by atoms with Gasteiger partial charge in [0.2, 0.25) is 0 Å². The molecule has 0 saturated carbocycles. The van der Waals surface area contributed by atoms with Crippen LogP contribution in [0.25, 0.3) is 0 Å². The second-order valence-electron chi connectivity index (χ2n) is 4.21. The molecule has 1 aromatic carbocycles. The predicted molar refractivity (Wildman–Crippen MR) is 73.4 cm³/mol. The third-order valence-electron chi connectivity index (χ3n) is 2.49. The molecule has 0 aliphatic heterocycles. The number of amides is 1. The lowest BCUT2D eigenvalue weighted by Crippen LogP contribution is -2.47. The Labute approximate surface area is 125 Å². The van der Waals surface area contributed by atoms with Crippen LogP contribution in [0, 0.1) is 0 Å². The molecule has 2 atom stereocenters. The summed E-state index contributed by atoms with van der Waals surface area (Å²) in [6, 6.07) is 4.75. The normalized spacial score (nSPS) is 13.0. The first-order chi connectivity index (χ1) is 9.79. The van der Waals surface area contributed by atoms with E-state index in [0.29, 0.717) is 10.8 Å². The summed E-state index contributed by atoms with van der Waals surface area (Å²) >= 11 is 5.71. The number of hydrogen-bond acceptors (Lipinski definition) is 4. The highest BCUT2D eigenvalue weighted by molar-refractivity contribution is 6.30. The van der Waals surface area contributed by atoms with E-state index < -0.39 is 36.4 Å². The molecule has 1 amide bonds. The van der Waals surface area contributed by atoms with Crippen LogP contribution < -0.4 is 10.1 Å². The number of hydrogen-bond donors (Lipinski definition) is 3. The van der Waals surface area contributed by atoms with E-state index in [1.807, 2.05) is 0 Å². The van der Waals surface area contributed by atoms with Gasteiger partial charge in [-0.3, -0.25) is 9.59 Å². The Morgan fingerprint density at radius 2 is 1.81 bits per heavy atom. The average Bonchev–Trinajstić information content (AvgIpc) is 2.39. The zero-order chi connectivity index (χ0) is 16.0. The van der Waals surface area contributed by atoms with Crippen LogP contribution in [0.3, 0.4) is 0 Å². The van der Waals surface area contributed by atoms with Crippen LogP contribution in [0.5, 0.6) is 5.75 Å². The molecule has 0 bridgehead atoms. The number of carboxylic acids is 2. The minimum absolute atomic E-state index is 0.382. The summed E-state index contributed by atoms with van der Waals surface area (Å²) in [4.78, 5) is 33.2. The van der Waals surface area contributed by atoms with Crippen molar-refractivity contribution in [3.05, 3.63) is 29.3 Å². The standard InChI is InChI=1S/C13H14ClNO6/c1-7(21-9-4-2-8(14)3-5-9)12(18)15-10(13(19)20)6-11(16)17/h2-5,7,10H,6H2,1H3,(H,15,18)(H,16,17)(H,19,20)/t7?,10-/m0/s1. The summed E-state index contributed by atoms with van der Waals surface area (Å²) in [7, 11) is 0. The van der Waals surface area contributed by atoms with E-state index in [1.54, 1.807) is 24.3 Å². The fraction of sp³-hybridized carbons (Fsp3) is 0.308. The van der Waals surface area contributed by atoms with Crippen LogP contribution in [0.1, 0.15) is 13.3 Å². The summed E-state index contributed by atoms with van der Waals surface area (Å²) in [6.45, 7) is 1.42. The van der Waals surface area contributed by atoms with Crippen LogP contribution in [0.4, 0.5) is 0 Å². The van der Waals surface area contributed by atoms with Crippen LogP contribution in [0.2, 0.25) is 5.02 Å². The van der Waals surface area contributed by atoms with Crippen molar-refractivity contribution in [3.8, 4) is 5.75 Å². The van der Waals surface area contributed by atoms with Crippen molar-refractivity contribution in [2.24, 2.45) is 0 Å². The van der Waals surface area contributed by atoms with Gasteiger partial charge in [-0.05, 0) is 31.2 Å². The van der Waals surface area contributed by atoms with Crippen molar-refractivity contribution in [3.63, 3.8) is 0 Å². The molecule has 114 valence electrons. The summed E-state index contributed by atoms with van der Waals surface area (Å²) in [5.74, 6) is -3.09. The molecule has 21 heavy (non-hydrogen) atoms. The van der Waals surface area contributed by atoms with Gasteiger partial charge in [-0.25, -0.2) is 4.79 Å². The molecule has 0 aliphatic rings. The van der Waals surface area contributed by atoms with Crippen molar-refractivity contribution in [1.29, 1.82) is 0 Å². The number of carbonyl (C=O) groups is 3. The van der Waals surface area contributed by atoms with Gasteiger partial charge in [-0.15, -0.1) is 0 Å². The monoisotopic (exact) mass is 315 g/mol. The Bertz CT molecular complexity index is 530. The lowest BCUT2D eigenvalue weighted by Gasteiger charge is -2.17. The predicted octanol–water partition coefficient (Wildman–Crippen LogP) is 1.15. The fourth-order valence-electron chi connectivity index (χ4n) is 1.43. The van der Waals surface area contributed by atoms with Gasteiger partial charge in [0.05, 0.1) is 6.42 Å². The van der Waals surface area contributed by atoms with Gasteiger partial charge in [0.25, 0.3) is 5.91 Å². The lowest BCUT2D eigenvalue weighted by atomic mass is 10.2. The van der Waals surface area contributed by atoms with Gasteiger partial charge in [0.1, 0.15) is 11.8 Å². The third kappa shape index (κ3) is 5.70. The molecule has 1 aromatic rings. The van der Waals surface area contributed by atoms with Crippen LogP contribution in [-0.4, -0.2) is 40.2 Å². The van der Waals surface area contributed by atoms with Gasteiger partial charge in [-0.1, -0.05) is 11.6 Å². The number of halogens is 1. The molecule has 7 nitrogen and oxygen atoms in total. The van der Waals surface area contributed by atoms with Crippen molar-refractivity contribution in [1.82, 2.24) is 5.32 Å². The third-order valence-corrected chi connectivity index (χ3v) is 2.74. The second kappa shape index (κ2) is 7.49. The van der Waals surface area contributed by atoms with E-state index in [9.17, 15) is 14.4 Å².